The number of carbonyl (C=O) groups is 3. The molecule has 3 heterocycles. The number of nitrogens with one attached hydrogen (secondary N) is 2. The molecular formula is C24H28F3N3O4. The van der Waals surface area contributed by atoms with Gasteiger partial charge < -0.3 is 15.0 Å². The minimum absolute atomic E-state index is 0.0246. The molecule has 0 aromatic heterocycles. The van der Waals surface area contributed by atoms with Gasteiger partial charge in [-0.25, -0.2) is 13.2 Å². The lowest BCUT2D eigenvalue weighted by Crippen LogP contribution is -2.52. The summed E-state index contributed by atoms with van der Waals surface area (Å²) in [4.78, 5) is 37.9. The molecule has 3 aliphatic heterocycles. The number of rotatable bonds is 6. The molecule has 34 heavy (non-hydrogen) atoms. The van der Waals surface area contributed by atoms with Crippen molar-refractivity contribution in [3.8, 4) is 0 Å². The minimum Gasteiger partial charge on any atom is -0.376 e. The summed E-state index contributed by atoms with van der Waals surface area (Å²) in [6.07, 6.45) is 1.81. The minimum atomic E-state index is -2.55. The van der Waals surface area contributed by atoms with Gasteiger partial charge in [0, 0.05) is 49.5 Å². The van der Waals surface area contributed by atoms with Crippen LogP contribution in [0.3, 0.4) is 0 Å². The van der Waals surface area contributed by atoms with E-state index in [-0.39, 0.29) is 67.3 Å². The van der Waals surface area contributed by atoms with Crippen molar-refractivity contribution < 1.29 is 32.3 Å². The van der Waals surface area contributed by atoms with Gasteiger partial charge in [-0.05, 0) is 43.4 Å². The van der Waals surface area contributed by atoms with E-state index in [4.69, 9.17) is 4.74 Å². The summed E-state index contributed by atoms with van der Waals surface area (Å²) in [5.41, 5.74) is 0.908. The number of fused-ring (bicyclic) bond motifs is 1. The number of amides is 3. The number of imide groups is 1. The van der Waals surface area contributed by atoms with E-state index in [0.717, 1.165) is 12.8 Å². The van der Waals surface area contributed by atoms with Crippen molar-refractivity contribution in [1.29, 1.82) is 0 Å². The van der Waals surface area contributed by atoms with Crippen LogP contribution in [-0.2, 0) is 27.3 Å². The Bertz CT molecular complexity index is 1010. The Morgan fingerprint density at radius 3 is 2.71 bits per heavy atom. The maximum absolute atomic E-state index is 15.5. The highest BCUT2D eigenvalue weighted by molar-refractivity contribution is 6.05. The van der Waals surface area contributed by atoms with Crippen molar-refractivity contribution in [3.05, 3.63) is 34.6 Å². The highest BCUT2D eigenvalue weighted by Crippen LogP contribution is 2.42. The monoisotopic (exact) mass is 479 g/mol. The standard InChI is InChI=1S/C24H28F3N3O4/c25-21-14(8-19-17(2-1-7-34-19)28-11-13-9-24(26,27)10-13)3-4-15-16(21)12-30(23(15)33)18-5-6-20(31)29-22(18)32/h3-4,13,17-19,28H,1-2,5-12H2,(H,29,31,32)/t17-,18?,19+/m0/s1. The lowest BCUT2D eigenvalue weighted by molar-refractivity contribution is -0.136. The van der Waals surface area contributed by atoms with Gasteiger partial charge in [-0.15, -0.1) is 0 Å². The normalized spacial score (nSPS) is 29.1. The molecule has 4 aliphatic rings. The van der Waals surface area contributed by atoms with E-state index in [1.165, 1.54) is 4.90 Å². The third-order valence-electron chi connectivity index (χ3n) is 7.43. The van der Waals surface area contributed by atoms with Crippen LogP contribution in [0.4, 0.5) is 13.2 Å². The highest BCUT2D eigenvalue weighted by Gasteiger charge is 2.45. The second-order valence-corrected chi connectivity index (χ2v) is 9.87. The van der Waals surface area contributed by atoms with Crippen LogP contribution in [0, 0.1) is 11.7 Å². The Hall–Kier alpha value is -2.46. The fourth-order valence-corrected chi connectivity index (χ4v) is 5.55. The van der Waals surface area contributed by atoms with Crippen molar-refractivity contribution in [2.24, 2.45) is 5.92 Å². The van der Waals surface area contributed by atoms with E-state index < -0.39 is 29.6 Å². The van der Waals surface area contributed by atoms with Crippen molar-refractivity contribution in [2.45, 2.75) is 75.6 Å². The lowest BCUT2D eigenvalue weighted by Gasteiger charge is -2.38. The average molecular weight is 479 g/mol. The molecule has 1 unspecified atom stereocenters. The summed E-state index contributed by atoms with van der Waals surface area (Å²) in [5, 5.41) is 5.59. The van der Waals surface area contributed by atoms with Crippen molar-refractivity contribution in [3.63, 3.8) is 0 Å². The Morgan fingerprint density at radius 2 is 1.97 bits per heavy atom. The fourth-order valence-electron chi connectivity index (χ4n) is 5.55. The highest BCUT2D eigenvalue weighted by atomic mass is 19.3. The molecule has 0 bridgehead atoms. The lowest BCUT2D eigenvalue weighted by atomic mass is 9.81. The Labute approximate surface area is 195 Å². The van der Waals surface area contributed by atoms with E-state index in [9.17, 15) is 23.2 Å². The molecule has 3 fully saturated rings. The maximum Gasteiger partial charge on any atom is 0.255 e. The van der Waals surface area contributed by atoms with Crippen LogP contribution in [0.25, 0.3) is 0 Å². The van der Waals surface area contributed by atoms with Gasteiger partial charge in [0.2, 0.25) is 17.7 Å². The van der Waals surface area contributed by atoms with E-state index in [1.54, 1.807) is 12.1 Å². The quantitative estimate of drug-likeness (QED) is 0.612. The van der Waals surface area contributed by atoms with Gasteiger partial charge in [0.15, 0.2) is 0 Å². The molecule has 2 N–H and O–H groups in total. The molecule has 3 amide bonds. The molecule has 1 aromatic carbocycles. The second kappa shape index (κ2) is 8.96. The Balaban J connectivity index is 1.26. The smallest absolute Gasteiger partial charge is 0.255 e. The van der Waals surface area contributed by atoms with E-state index in [2.05, 4.69) is 10.6 Å². The summed E-state index contributed by atoms with van der Waals surface area (Å²) in [5.74, 6) is -4.42. The predicted octanol–water partition coefficient (Wildman–Crippen LogP) is 2.31. The molecular weight excluding hydrogens is 451 g/mol. The molecule has 0 radical (unpaired) electrons. The van der Waals surface area contributed by atoms with Gasteiger partial charge in [-0.1, -0.05) is 6.07 Å². The first kappa shape index (κ1) is 23.3. The van der Waals surface area contributed by atoms with Gasteiger partial charge in [-0.2, -0.15) is 0 Å². The number of benzene rings is 1. The molecule has 5 rings (SSSR count). The first-order chi connectivity index (χ1) is 16.2. The first-order valence-electron chi connectivity index (χ1n) is 11.9. The van der Waals surface area contributed by atoms with Gasteiger partial charge >= 0.3 is 0 Å². The van der Waals surface area contributed by atoms with Crippen molar-refractivity contribution in [2.75, 3.05) is 13.2 Å². The largest absolute Gasteiger partial charge is 0.376 e. The SMILES string of the molecule is O=C1CCC(N2Cc3c(ccc(C[C@H]4OCCC[C@@H]4NCC4CC(F)(F)C4)c3F)C2=O)C(=O)N1. The number of alkyl halides is 2. The second-order valence-electron chi connectivity index (χ2n) is 9.87. The first-order valence-corrected chi connectivity index (χ1v) is 11.9. The Morgan fingerprint density at radius 1 is 1.18 bits per heavy atom. The number of ether oxygens (including phenoxy) is 1. The zero-order valence-electron chi connectivity index (χ0n) is 18.7. The molecule has 10 heteroatoms. The molecule has 1 aliphatic carbocycles. The molecule has 7 nitrogen and oxygen atoms in total. The van der Waals surface area contributed by atoms with Gasteiger partial charge in [0.1, 0.15) is 11.9 Å². The molecule has 3 atom stereocenters. The van der Waals surface area contributed by atoms with Crippen LogP contribution in [-0.4, -0.2) is 59.9 Å². The van der Waals surface area contributed by atoms with E-state index in [1.807, 2.05) is 0 Å². The van der Waals surface area contributed by atoms with Crippen LogP contribution in [0.2, 0.25) is 0 Å². The maximum atomic E-state index is 15.5. The van der Waals surface area contributed by atoms with E-state index in [0.29, 0.717) is 25.1 Å². The van der Waals surface area contributed by atoms with Crippen molar-refractivity contribution >= 4 is 17.7 Å². The van der Waals surface area contributed by atoms with Gasteiger partial charge in [-0.3, -0.25) is 19.7 Å². The summed E-state index contributed by atoms with van der Waals surface area (Å²) in [6, 6.07) is 2.32. The molecule has 1 saturated carbocycles. The topological polar surface area (TPSA) is 87.7 Å². The zero-order valence-corrected chi connectivity index (χ0v) is 18.7. The third-order valence-corrected chi connectivity index (χ3v) is 7.43. The van der Waals surface area contributed by atoms with Crippen LogP contribution >= 0.6 is 0 Å². The number of carbonyl (C=O) groups excluding carboxylic acids is 3. The van der Waals surface area contributed by atoms with E-state index >= 15 is 4.39 Å². The molecule has 184 valence electrons. The average Bonchev–Trinajstić information content (AvgIpc) is 3.10. The summed E-state index contributed by atoms with van der Waals surface area (Å²) in [7, 11) is 0. The van der Waals surface area contributed by atoms with Crippen LogP contribution in [0.5, 0.6) is 0 Å². The third kappa shape index (κ3) is 4.45. The number of hydrogen-bond donors (Lipinski definition) is 2. The van der Waals surface area contributed by atoms with Crippen LogP contribution in [0.1, 0.15) is 60.0 Å². The summed E-state index contributed by atoms with van der Waals surface area (Å²) < 4.78 is 47.7. The van der Waals surface area contributed by atoms with Crippen molar-refractivity contribution in [1.82, 2.24) is 15.5 Å². The number of piperidine rings is 1. The Kier molecular flexibility index (Phi) is 6.14. The fraction of sp³-hybridized carbons (Fsp3) is 0.625. The number of nitrogens with zero attached hydrogens (tertiary/aromatic N) is 1. The van der Waals surface area contributed by atoms with Gasteiger partial charge in [0.05, 0.1) is 12.6 Å². The molecule has 2 saturated heterocycles. The molecule has 0 spiro atoms. The van der Waals surface area contributed by atoms with Crippen LogP contribution < -0.4 is 10.6 Å². The predicted molar refractivity (Wildman–Crippen MR) is 115 cm³/mol. The zero-order chi connectivity index (χ0) is 24.0. The number of hydrogen-bond acceptors (Lipinski definition) is 5. The summed E-state index contributed by atoms with van der Waals surface area (Å²) in [6.45, 7) is 1.02. The number of halogens is 3. The molecule has 1 aromatic rings. The summed E-state index contributed by atoms with van der Waals surface area (Å²) >= 11 is 0. The van der Waals surface area contributed by atoms with Gasteiger partial charge in [0.25, 0.3) is 5.91 Å². The van der Waals surface area contributed by atoms with Crippen LogP contribution in [0.15, 0.2) is 12.1 Å².